The van der Waals surface area contributed by atoms with Crippen LogP contribution in [0.25, 0.3) is 11.0 Å². The summed E-state index contributed by atoms with van der Waals surface area (Å²) in [5.74, 6) is -1.28. The summed E-state index contributed by atoms with van der Waals surface area (Å²) in [6.07, 6.45) is -6.02. The summed E-state index contributed by atoms with van der Waals surface area (Å²) in [4.78, 5) is 14.2. The van der Waals surface area contributed by atoms with E-state index in [1.54, 1.807) is 0 Å². The molecule has 0 bridgehead atoms. The van der Waals surface area contributed by atoms with Gasteiger partial charge in [-0.3, -0.25) is 4.79 Å². The van der Waals surface area contributed by atoms with Gasteiger partial charge in [-0.25, -0.2) is 27.2 Å². The molecule has 0 unspecified atom stereocenters. The van der Waals surface area contributed by atoms with E-state index < -0.39 is 36.6 Å². The lowest BCUT2D eigenvalue weighted by molar-refractivity contribution is -0.137. The van der Waals surface area contributed by atoms with Crippen LogP contribution in [0.1, 0.15) is 29.8 Å². The lowest BCUT2D eigenvalue weighted by Crippen LogP contribution is -2.11. The number of carboxylic acid groups (broad SMARTS) is 1. The number of carbonyl (C=O) groups is 1. The molecule has 0 saturated carbocycles. The van der Waals surface area contributed by atoms with Gasteiger partial charge in [0.25, 0.3) is 12.9 Å². The summed E-state index contributed by atoms with van der Waals surface area (Å²) in [6.45, 7) is 0.739. The smallest absolute Gasteiger partial charge is 0.325 e. The highest BCUT2D eigenvalue weighted by Gasteiger charge is 2.23. The molecule has 0 fully saturated rings. The normalized spacial score (nSPS) is 11.8. The molecule has 0 aromatic carbocycles. The number of aryl methyl sites for hydroxylation is 1. The number of aromatic nitrogens is 3. The number of pyridine rings is 1. The first-order valence-corrected chi connectivity index (χ1v) is 5.47. The Morgan fingerprint density at radius 3 is 2.50 bits per heavy atom. The average Bonchev–Trinajstić information content (AvgIpc) is 2.64. The molecule has 9 heteroatoms. The average molecular weight is 291 g/mol. The Kier molecular flexibility index (Phi) is 3.60. The zero-order valence-electron chi connectivity index (χ0n) is 10.1. The number of rotatable bonds is 4. The summed E-state index contributed by atoms with van der Waals surface area (Å²) < 4.78 is 52.1. The molecule has 0 aliphatic heterocycles. The Labute approximate surface area is 109 Å². The van der Waals surface area contributed by atoms with E-state index in [1.807, 2.05) is 0 Å². The number of nitrogens with zero attached hydrogens (tertiary/aromatic N) is 3. The van der Waals surface area contributed by atoms with Gasteiger partial charge in [-0.2, -0.15) is 5.10 Å². The minimum atomic E-state index is -3.04. The number of fused-ring (bicyclic) bond motifs is 1. The molecule has 0 aliphatic rings. The molecule has 0 radical (unpaired) electrons. The van der Waals surface area contributed by atoms with Gasteiger partial charge in [-0.05, 0) is 13.0 Å². The van der Waals surface area contributed by atoms with Crippen LogP contribution in [-0.2, 0) is 11.3 Å². The van der Waals surface area contributed by atoms with Crippen molar-refractivity contribution < 1.29 is 27.5 Å². The Bertz CT molecular complexity index is 669. The molecule has 108 valence electrons. The number of carboxylic acids is 1. The predicted molar refractivity (Wildman–Crippen MR) is 59.8 cm³/mol. The quantitative estimate of drug-likeness (QED) is 0.879. The third kappa shape index (κ3) is 2.43. The van der Waals surface area contributed by atoms with Crippen molar-refractivity contribution in [3.05, 3.63) is 23.0 Å². The van der Waals surface area contributed by atoms with Gasteiger partial charge in [-0.1, -0.05) is 0 Å². The number of halogens is 4. The fourth-order valence-corrected chi connectivity index (χ4v) is 1.93. The van der Waals surface area contributed by atoms with E-state index in [-0.39, 0.29) is 16.7 Å². The molecule has 0 atom stereocenters. The van der Waals surface area contributed by atoms with Crippen molar-refractivity contribution in [2.75, 3.05) is 0 Å². The molecule has 2 aromatic heterocycles. The highest BCUT2D eigenvalue weighted by atomic mass is 19.3. The van der Waals surface area contributed by atoms with Crippen molar-refractivity contribution in [1.82, 2.24) is 14.8 Å². The Balaban J connectivity index is 2.77. The highest BCUT2D eigenvalue weighted by molar-refractivity contribution is 5.83. The van der Waals surface area contributed by atoms with Crippen molar-refractivity contribution in [3.8, 4) is 0 Å². The van der Waals surface area contributed by atoms with Crippen LogP contribution >= 0.6 is 0 Å². The summed E-state index contributed by atoms with van der Waals surface area (Å²) in [6, 6.07) is 0.622. The first kappa shape index (κ1) is 14.2. The lowest BCUT2D eigenvalue weighted by atomic mass is 10.1. The molecule has 2 rings (SSSR count). The van der Waals surface area contributed by atoms with Crippen LogP contribution in [0.4, 0.5) is 17.6 Å². The minimum Gasteiger partial charge on any atom is -0.480 e. The second-order valence-electron chi connectivity index (χ2n) is 4.07. The van der Waals surface area contributed by atoms with Crippen LogP contribution in [0.3, 0.4) is 0 Å². The minimum absolute atomic E-state index is 0.0920. The fourth-order valence-electron chi connectivity index (χ4n) is 1.93. The molecular formula is C11H9F4N3O2. The van der Waals surface area contributed by atoms with Gasteiger partial charge in [0.15, 0.2) is 5.65 Å². The second-order valence-corrected chi connectivity index (χ2v) is 4.07. The maximum Gasteiger partial charge on any atom is 0.325 e. The number of hydrogen-bond donors (Lipinski definition) is 1. The van der Waals surface area contributed by atoms with Crippen molar-refractivity contribution in [2.45, 2.75) is 26.3 Å². The van der Waals surface area contributed by atoms with Crippen molar-refractivity contribution >= 4 is 17.0 Å². The van der Waals surface area contributed by atoms with Gasteiger partial charge in [0, 0.05) is 5.56 Å². The van der Waals surface area contributed by atoms with Crippen LogP contribution in [0.2, 0.25) is 0 Å². The number of hydrogen-bond acceptors (Lipinski definition) is 3. The summed E-state index contributed by atoms with van der Waals surface area (Å²) in [5, 5.41) is 12.4. The zero-order chi connectivity index (χ0) is 15.0. The highest BCUT2D eigenvalue weighted by Crippen LogP contribution is 2.32. The Morgan fingerprint density at radius 1 is 1.35 bits per heavy atom. The van der Waals surface area contributed by atoms with Crippen molar-refractivity contribution in [3.63, 3.8) is 0 Å². The second kappa shape index (κ2) is 5.06. The van der Waals surface area contributed by atoms with Crippen LogP contribution in [0.15, 0.2) is 6.07 Å². The molecule has 5 nitrogen and oxygen atoms in total. The third-order valence-corrected chi connectivity index (χ3v) is 2.67. The van der Waals surface area contributed by atoms with Crippen LogP contribution < -0.4 is 0 Å². The van der Waals surface area contributed by atoms with Crippen LogP contribution in [0.5, 0.6) is 0 Å². The van der Waals surface area contributed by atoms with E-state index in [0.29, 0.717) is 6.07 Å². The monoisotopic (exact) mass is 291 g/mol. The summed E-state index contributed by atoms with van der Waals surface area (Å²) >= 11 is 0. The van der Waals surface area contributed by atoms with Gasteiger partial charge < -0.3 is 5.11 Å². The van der Waals surface area contributed by atoms with Crippen molar-refractivity contribution in [2.24, 2.45) is 0 Å². The molecule has 2 heterocycles. The summed E-state index contributed by atoms with van der Waals surface area (Å²) in [7, 11) is 0. The first-order valence-electron chi connectivity index (χ1n) is 5.47. The van der Waals surface area contributed by atoms with E-state index in [2.05, 4.69) is 10.1 Å². The topological polar surface area (TPSA) is 68.0 Å². The maximum absolute atomic E-state index is 13.0. The number of alkyl halides is 4. The number of aliphatic carboxylic acids is 1. The molecule has 0 amide bonds. The van der Waals surface area contributed by atoms with E-state index in [9.17, 15) is 22.4 Å². The van der Waals surface area contributed by atoms with E-state index >= 15 is 0 Å². The van der Waals surface area contributed by atoms with Crippen LogP contribution in [0, 0.1) is 6.92 Å². The maximum atomic E-state index is 13.0. The fraction of sp³-hybridized carbons (Fsp3) is 0.364. The van der Waals surface area contributed by atoms with E-state index in [4.69, 9.17) is 5.11 Å². The van der Waals surface area contributed by atoms with E-state index in [1.165, 1.54) is 6.92 Å². The zero-order valence-corrected chi connectivity index (χ0v) is 10.1. The predicted octanol–water partition coefficient (Wildman–Crippen LogP) is 2.70. The first-order chi connectivity index (χ1) is 9.31. The molecule has 2 aromatic rings. The van der Waals surface area contributed by atoms with Gasteiger partial charge in [0.1, 0.15) is 12.2 Å². The molecule has 1 N–H and O–H groups in total. The Morgan fingerprint density at radius 2 is 2.00 bits per heavy atom. The van der Waals surface area contributed by atoms with Crippen molar-refractivity contribution in [1.29, 1.82) is 0 Å². The standard InChI is InChI=1S/C11H9F4N3O2/c1-4-8-5(9(12)13)2-6(10(14)15)16-11(8)18(17-4)3-7(19)20/h2,9-10H,3H2,1H3,(H,19,20). The summed E-state index contributed by atoms with van der Waals surface area (Å²) in [5.41, 5.74) is -1.62. The molecular weight excluding hydrogens is 282 g/mol. The molecule has 0 aliphatic carbocycles. The SMILES string of the molecule is Cc1nn(CC(=O)O)c2nc(C(F)F)cc(C(F)F)c12. The van der Waals surface area contributed by atoms with Gasteiger partial charge in [0.2, 0.25) is 0 Å². The molecule has 20 heavy (non-hydrogen) atoms. The molecule has 0 spiro atoms. The van der Waals surface area contributed by atoms with E-state index in [0.717, 1.165) is 4.68 Å². The lowest BCUT2D eigenvalue weighted by Gasteiger charge is -2.07. The van der Waals surface area contributed by atoms with Crippen LogP contribution in [-0.4, -0.2) is 25.8 Å². The molecule has 0 saturated heterocycles. The largest absolute Gasteiger partial charge is 0.480 e. The third-order valence-electron chi connectivity index (χ3n) is 2.67. The van der Waals surface area contributed by atoms with Gasteiger partial charge >= 0.3 is 5.97 Å². The Hall–Kier alpha value is -2.19. The van der Waals surface area contributed by atoms with Gasteiger partial charge in [0.05, 0.1) is 11.1 Å². The van der Waals surface area contributed by atoms with Gasteiger partial charge in [-0.15, -0.1) is 0 Å².